The number of benzene rings is 2. The van der Waals surface area contributed by atoms with E-state index in [2.05, 4.69) is 79.9 Å². The molecule has 0 aromatic heterocycles. The van der Waals surface area contributed by atoms with Gasteiger partial charge in [-0.3, -0.25) is 0 Å². The molecule has 106 valence electrons. The summed E-state index contributed by atoms with van der Waals surface area (Å²) in [5, 5.41) is 5.21. The third kappa shape index (κ3) is 3.73. The fourth-order valence-electron chi connectivity index (χ4n) is 2.49. The van der Waals surface area contributed by atoms with Crippen LogP contribution < -0.4 is 10.5 Å². The molecule has 0 amide bonds. The molecular formula is C18H25NSi. The predicted octanol–water partition coefficient (Wildman–Crippen LogP) is 4.21. The molecule has 1 nitrogen and oxygen atoms in total. The molecule has 2 rings (SSSR count). The van der Waals surface area contributed by atoms with Crippen molar-refractivity contribution in [2.45, 2.75) is 32.9 Å². The molecule has 0 aliphatic rings. The van der Waals surface area contributed by atoms with Gasteiger partial charge in [0.2, 0.25) is 0 Å². The third-order valence-corrected chi connectivity index (χ3v) is 6.77. The van der Waals surface area contributed by atoms with Crippen LogP contribution in [0.2, 0.25) is 13.1 Å². The molecule has 0 spiro atoms. The molecule has 0 heterocycles. The molecule has 0 saturated carbocycles. The molecule has 2 heteroatoms. The number of nitrogens with one attached hydrogen (secondary N) is 1. The average molecular weight is 283 g/mol. The zero-order valence-corrected chi connectivity index (χ0v) is 13.8. The van der Waals surface area contributed by atoms with Crippen LogP contribution in [0.25, 0.3) is 0 Å². The summed E-state index contributed by atoms with van der Waals surface area (Å²) in [4.78, 5) is 0. The van der Waals surface area contributed by atoms with Crippen LogP contribution in [-0.2, 0) is 6.42 Å². The predicted molar refractivity (Wildman–Crippen MR) is 92.5 cm³/mol. The molecule has 1 N–H and O–H groups in total. The van der Waals surface area contributed by atoms with Crippen molar-refractivity contribution in [3.63, 3.8) is 0 Å². The second kappa shape index (κ2) is 6.75. The van der Waals surface area contributed by atoms with E-state index in [0.717, 1.165) is 12.6 Å². The summed E-state index contributed by atoms with van der Waals surface area (Å²) >= 11 is 0. The molecule has 0 saturated heterocycles. The van der Waals surface area contributed by atoms with Gasteiger partial charge in [0, 0.05) is 11.9 Å². The van der Waals surface area contributed by atoms with Crippen molar-refractivity contribution in [2.24, 2.45) is 0 Å². The molecule has 0 unspecified atom stereocenters. The number of anilines is 1. The third-order valence-electron chi connectivity index (χ3n) is 3.81. The lowest BCUT2D eigenvalue weighted by Crippen LogP contribution is -2.48. The van der Waals surface area contributed by atoms with Crippen molar-refractivity contribution in [3.8, 4) is 0 Å². The van der Waals surface area contributed by atoms with E-state index in [0.29, 0.717) is 0 Å². The second-order valence-corrected chi connectivity index (χ2v) is 10.7. The highest BCUT2D eigenvalue weighted by atomic mass is 28.3. The normalized spacial score (nSPS) is 11.3. The lowest BCUT2D eigenvalue weighted by molar-refractivity contribution is 0.922. The van der Waals surface area contributed by atoms with Gasteiger partial charge in [-0.1, -0.05) is 80.2 Å². The van der Waals surface area contributed by atoms with Crippen molar-refractivity contribution >= 4 is 18.9 Å². The topological polar surface area (TPSA) is 12.0 Å². The van der Waals surface area contributed by atoms with Crippen LogP contribution in [0.5, 0.6) is 0 Å². The smallest absolute Gasteiger partial charge is 0.101 e. The van der Waals surface area contributed by atoms with Gasteiger partial charge < -0.3 is 5.32 Å². The number of hydrogen-bond acceptors (Lipinski definition) is 1. The first-order valence-electron chi connectivity index (χ1n) is 7.51. The number of rotatable bonds is 6. The van der Waals surface area contributed by atoms with Gasteiger partial charge in [0.05, 0.1) is 0 Å². The van der Waals surface area contributed by atoms with Gasteiger partial charge in [0.25, 0.3) is 0 Å². The van der Waals surface area contributed by atoms with Crippen LogP contribution in [0.4, 0.5) is 5.69 Å². The second-order valence-electron chi connectivity index (χ2n) is 6.01. The van der Waals surface area contributed by atoms with Crippen molar-refractivity contribution in [1.82, 2.24) is 0 Å². The van der Waals surface area contributed by atoms with E-state index >= 15 is 0 Å². The summed E-state index contributed by atoms with van der Waals surface area (Å²) in [7, 11) is -1.42. The van der Waals surface area contributed by atoms with Gasteiger partial charge in [-0.15, -0.1) is 0 Å². The zero-order chi connectivity index (χ0) is 14.4. The summed E-state index contributed by atoms with van der Waals surface area (Å²) in [6.45, 7) is 7.09. The first kappa shape index (κ1) is 14.9. The van der Waals surface area contributed by atoms with Crippen LogP contribution in [0.15, 0.2) is 54.6 Å². The van der Waals surface area contributed by atoms with Crippen LogP contribution in [-0.4, -0.2) is 14.2 Å². The summed E-state index contributed by atoms with van der Waals surface area (Å²) in [6.07, 6.45) is 3.42. The largest absolute Gasteiger partial charge is 0.387 e. The minimum absolute atomic E-state index is 1.08. The Morgan fingerprint density at radius 1 is 0.900 bits per heavy atom. The monoisotopic (exact) mass is 283 g/mol. The van der Waals surface area contributed by atoms with Crippen molar-refractivity contribution in [1.29, 1.82) is 0 Å². The standard InChI is InChI=1S/C18H25NSi/c1-4-10-16-11-8-9-14-18(16)19-15-20(2,3)17-12-6-5-7-13-17/h5-9,11-14,19H,4,10,15H2,1-3H3. The highest BCUT2D eigenvalue weighted by molar-refractivity contribution is 6.90. The Hall–Kier alpha value is -1.54. The van der Waals surface area contributed by atoms with Gasteiger partial charge in [-0.25, -0.2) is 0 Å². The minimum Gasteiger partial charge on any atom is -0.387 e. The summed E-state index contributed by atoms with van der Waals surface area (Å²) in [5.41, 5.74) is 2.75. The van der Waals surface area contributed by atoms with E-state index in [1.165, 1.54) is 22.9 Å². The Bertz CT molecular complexity index is 534. The molecule has 20 heavy (non-hydrogen) atoms. The van der Waals surface area contributed by atoms with Crippen LogP contribution in [0.3, 0.4) is 0 Å². The van der Waals surface area contributed by atoms with E-state index in [9.17, 15) is 0 Å². The Labute approximate surface area is 124 Å². The van der Waals surface area contributed by atoms with Gasteiger partial charge in [-0.05, 0) is 18.1 Å². The van der Waals surface area contributed by atoms with Gasteiger partial charge in [-0.2, -0.15) is 0 Å². The van der Waals surface area contributed by atoms with Gasteiger partial charge in [0.1, 0.15) is 8.07 Å². The lowest BCUT2D eigenvalue weighted by atomic mass is 10.1. The highest BCUT2D eigenvalue weighted by Gasteiger charge is 2.23. The van der Waals surface area contributed by atoms with Crippen molar-refractivity contribution in [2.75, 3.05) is 11.5 Å². The maximum atomic E-state index is 3.70. The number of hydrogen-bond donors (Lipinski definition) is 1. The fraction of sp³-hybridized carbons (Fsp3) is 0.333. The summed E-state index contributed by atoms with van der Waals surface area (Å²) < 4.78 is 0. The Morgan fingerprint density at radius 3 is 2.25 bits per heavy atom. The zero-order valence-electron chi connectivity index (χ0n) is 12.8. The van der Waals surface area contributed by atoms with Gasteiger partial charge >= 0.3 is 0 Å². The maximum absolute atomic E-state index is 3.70. The van der Waals surface area contributed by atoms with E-state index in [4.69, 9.17) is 0 Å². The molecule has 0 atom stereocenters. The molecule has 0 aliphatic carbocycles. The molecular weight excluding hydrogens is 258 g/mol. The highest BCUT2D eigenvalue weighted by Crippen LogP contribution is 2.17. The van der Waals surface area contributed by atoms with E-state index < -0.39 is 8.07 Å². The lowest BCUT2D eigenvalue weighted by Gasteiger charge is -2.25. The number of aryl methyl sites for hydroxylation is 1. The molecule has 0 radical (unpaired) electrons. The molecule has 0 fully saturated rings. The van der Waals surface area contributed by atoms with Crippen molar-refractivity contribution in [3.05, 3.63) is 60.2 Å². The van der Waals surface area contributed by atoms with Crippen molar-refractivity contribution < 1.29 is 0 Å². The first-order valence-corrected chi connectivity index (χ1v) is 10.7. The Kier molecular flexibility index (Phi) is 5.02. The summed E-state index contributed by atoms with van der Waals surface area (Å²) in [6, 6.07) is 19.6. The van der Waals surface area contributed by atoms with E-state index in [1.807, 2.05) is 0 Å². The fourth-order valence-corrected chi connectivity index (χ4v) is 4.42. The SMILES string of the molecule is CCCc1ccccc1NC[Si](C)(C)c1ccccc1. The minimum atomic E-state index is -1.42. The first-order chi connectivity index (χ1) is 9.63. The Balaban J connectivity index is 2.08. The maximum Gasteiger partial charge on any atom is 0.101 e. The van der Waals surface area contributed by atoms with Crippen LogP contribution in [0, 0.1) is 0 Å². The van der Waals surface area contributed by atoms with Crippen LogP contribution >= 0.6 is 0 Å². The molecule has 2 aromatic carbocycles. The quantitative estimate of drug-likeness (QED) is 0.783. The average Bonchev–Trinajstić information content (AvgIpc) is 2.48. The molecule has 0 aliphatic heterocycles. The summed E-state index contributed by atoms with van der Waals surface area (Å²) in [5.74, 6) is 0. The van der Waals surface area contributed by atoms with E-state index in [1.54, 1.807) is 0 Å². The number of para-hydroxylation sites is 1. The van der Waals surface area contributed by atoms with Crippen LogP contribution in [0.1, 0.15) is 18.9 Å². The molecule has 2 aromatic rings. The van der Waals surface area contributed by atoms with E-state index in [-0.39, 0.29) is 0 Å². The molecule has 0 bridgehead atoms. The van der Waals surface area contributed by atoms with Gasteiger partial charge in [0.15, 0.2) is 0 Å². The Morgan fingerprint density at radius 2 is 1.55 bits per heavy atom.